The van der Waals surface area contributed by atoms with Crippen LogP contribution < -0.4 is 5.32 Å². The van der Waals surface area contributed by atoms with E-state index in [2.05, 4.69) is 47.6 Å². The minimum atomic E-state index is -0.00894. The van der Waals surface area contributed by atoms with E-state index in [4.69, 9.17) is 0 Å². The summed E-state index contributed by atoms with van der Waals surface area (Å²) in [6, 6.07) is 16.4. The van der Waals surface area contributed by atoms with Gasteiger partial charge in [-0.1, -0.05) is 42.1 Å². The Hall–Kier alpha value is -2.60. The molecule has 0 saturated carbocycles. The number of amides is 1. The first-order chi connectivity index (χ1) is 13.0. The highest BCUT2D eigenvalue weighted by Gasteiger charge is 2.17. The quantitative estimate of drug-likeness (QED) is 0.652. The van der Waals surface area contributed by atoms with Gasteiger partial charge in [-0.15, -0.1) is 10.2 Å². The zero-order valence-corrected chi connectivity index (χ0v) is 16.9. The number of nitrogens with zero attached hydrogens (tertiary/aromatic N) is 3. The molecule has 140 valence electrons. The summed E-state index contributed by atoms with van der Waals surface area (Å²) in [5.41, 5.74) is 4.43. The summed E-state index contributed by atoms with van der Waals surface area (Å²) < 4.78 is 2.01. The Morgan fingerprint density at radius 2 is 1.81 bits per heavy atom. The van der Waals surface area contributed by atoms with Gasteiger partial charge in [0.25, 0.3) is 0 Å². The fourth-order valence-electron chi connectivity index (χ4n) is 2.73. The fraction of sp³-hybridized carbons (Fsp3) is 0.286. The fourth-order valence-corrected chi connectivity index (χ4v) is 3.50. The van der Waals surface area contributed by atoms with Crippen LogP contribution in [0.3, 0.4) is 0 Å². The molecule has 1 heterocycles. The average molecular weight is 381 g/mol. The summed E-state index contributed by atoms with van der Waals surface area (Å²) in [6.07, 6.45) is 0. The van der Waals surface area contributed by atoms with Gasteiger partial charge >= 0.3 is 0 Å². The summed E-state index contributed by atoms with van der Waals surface area (Å²) in [5.74, 6) is 1.07. The standard InChI is InChI=1S/C21H24N4OS/c1-14(2)22-19(26)13-27-21-24-23-20(17-11-10-15(3)16(4)12-17)25(21)18-8-6-5-7-9-18/h5-12,14H,13H2,1-4H3,(H,22,26). The van der Waals surface area contributed by atoms with E-state index >= 15 is 0 Å². The van der Waals surface area contributed by atoms with E-state index in [0.717, 1.165) is 17.1 Å². The van der Waals surface area contributed by atoms with E-state index in [1.54, 1.807) is 0 Å². The highest BCUT2D eigenvalue weighted by Crippen LogP contribution is 2.28. The summed E-state index contributed by atoms with van der Waals surface area (Å²) >= 11 is 1.39. The van der Waals surface area contributed by atoms with Crippen molar-refractivity contribution in [3.05, 3.63) is 59.7 Å². The van der Waals surface area contributed by atoms with Gasteiger partial charge in [-0.25, -0.2) is 0 Å². The number of hydrogen-bond donors (Lipinski definition) is 1. The van der Waals surface area contributed by atoms with Crippen molar-refractivity contribution >= 4 is 17.7 Å². The monoisotopic (exact) mass is 380 g/mol. The molecule has 0 fully saturated rings. The van der Waals surface area contributed by atoms with Crippen molar-refractivity contribution in [3.8, 4) is 17.1 Å². The lowest BCUT2D eigenvalue weighted by Gasteiger charge is -2.12. The number of aromatic nitrogens is 3. The Kier molecular flexibility index (Phi) is 5.96. The molecule has 1 N–H and O–H groups in total. The van der Waals surface area contributed by atoms with E-state index in [-0.39, 0.29) is 11.9 Å². The Bertz CT molecular complexity index is 935. The Labute approximate surface area is 164 Å². The average Bonchev–Trinajstić information content (AvgIpc) is 3.06. The molecule has 5 nitrogen and oxygen atoms in total. The minimum absolute atomic E-state index is 0.00894. The van der Waals surface area contributed by atoms with Crippen LogP contribution in [0.15, 0.2) is 53.7 Å². The maximum atomic E-state index is 12.0. The summed E-state index contributed by atoms with van der Waals surface area (Å²) in [6.45, 7) is 8.09. The largest absolute Gasteiger partial charge is 0.353 e. The Morgan fingerprint density at radius 3 is 2.48 bits per heavy atom. The zero-order chi connectivity index (χ0) is 19.4. The second-order valence-corrected chi connectivity index (χ2v) is 7.73. The number of hydrogen-bond acceptors (Lipinski definition) is 4. The normalized spacial score (nSPS) is 11.0. The molecule has 0 aliphatic heterocycles. The van der Waals surface area contributed by atoms with E-state index in [1.807, 2.05) is 48.7 Å². The lowest BCUT2D eigenvalue weighted by atomic mass is 10.1. The van der Waals surface area contributed by atoms with Gasteiger partial charge in [-0.3, -0.25) is 9.36 Å². The number of aryl methyl sites for hydroxylation is 2. The van der Waals surface area contributed by atoms with Gasteiger partial charge in [0.1, 0.15) is 0 Å². The number of rotatable bonds is 6. The van der Waals surface area contributed by atoms with Crippen molar-refractivity contribution in [3.63, 3.8) is 0 Å². The molecule has 3 aromatic rings. The smallest absolute Gasteiger partial charge is 0.230 e. The van der Waals surface area contributed by atoms with Gasteiger partial charge in [0.2, 0.25) is 5.91 Å². The first kappa shape index (κ1) is 19.2. The maximum Gasteiger partial charge on any atom is 0.230 e. The van der Waals surface area contributed by atoms with Crippen LogP contribution in [0.25, 0.3) is 17.1 Å². The van der Waals surface area contributed by atoms with E-state index in [1.165, 1.54) is 22.9 Å². The number of carbonyl (C=O) groups is 1. The summed E-state index contributed by atoms with van der Waals surface area (Å²) in [4.78, 5) is 12.0. The number of nitrogens with one attached hydrogen (secondary N) is 1. The summed E-state index contributed by atoms with van der Waals surface area (Å²) in [5, 5.41) is 12.4. The van der Waals surface area contributed by atoms with E-state index in [0.29, 0.717) is 10.9 Å². The Morgan fingerprint density at radius 1 is 1.07 bits per heavy atom. The second kappa shape index (κ2) is 8.39. The first-order valence-corrected chi connectivity index (χ1v) is 9.95. The maximum absolute atomic E-state index is 12.0. The van der Waals surface area contributed by atoms with Crippen molar-refractivity contribution in [2.75, 3.05) is 5.75 Å². The van der Waals surface area contributed by atoms with Crippen molar-refractivity contribution in [1.82, 2.24) is 20.1 Å². The molecule has 0 saturated heterocycles. The van der Waals surface area contributed by atoms with Crippen LogP contribution in [0.4, 0.5) is 0 Å². The molecule has 6 heteroatoms. The topological polar surface area (TPSA) is 59.8 Å². The molecule has 0 bridgehead atoms. The van der Waals surface area contributed by atoms with Gasteiger partial charge in [-0.2, -0.15) is 0 Å². The Balaban J connectivity index is 1.98. The minimum Gasteiger partial charge on any atom is -0.353 e. The molecule has 2 aromatic carbocycles. The number of thioether (sulfide) groups is 1. The van der Waals surface area contributed by atoms with Crippen LogP contribution >= 0.6 is 11.8 Å². The molecule has 0 radical (unpaired) electrons. The van der Waals surface area contributed by atoms with Crippen molar-refractivity contribution < 1.29 is 4.79 Å². The molecular formula is C21H24N4OS. The lowest BCUT2D eigenvalue weighted by molar-refractivity contribution is -0.119. The van der Waals surface area contributed by atoms with Gasteiger partial charge < -0.3 is 5.32 Å². The van der Waals surface area contributed by atoms with Gasteiger partial charge in [0.15, 0.2) is 11.0 Å². The molecule has 1 aromatic heterocycles. The molecule has 0 aliphatic carbocycles. The molecule has 0 aliphatic rings. The third kappa shape index (κ3) is 4.57. The van der Waals surface area contributed by atoms with Crippen LogP contribution in [0.5, 0.6) is 0 Å². The van der Waals surface area contributed by atoms with Gasteiger partial charge in [-0.05, 0) is 57.0 Å². The number of para-hydroxylation sites is 1. The third-order valence-corrected chi connectivity index (χ3v) is 5.12. The van der Waals surface area contributed by atoms with Crippen LogP contribution in [-0.2, 0) is 4.79 Å². The SMILES string of the molecule is Cc1ccc(-c2nnc(SCC(=O)NC(C)C)n2-c2ccccc2)cc1C. The van der Waals surface area contributed by atoms with Gasteiger partial charge in [0.05, 0.1) is 5.75 Å². The third-order valence-electron chi connectivity index (χ3n) is 4.19. The molecular weight excluding hydrogens is 356 g/mol. The molecule has 1 amide bonds. The first-order valence-electron chi connectivity index (χ1n) is 8.96. The van der Waals surface area contributed by atoms with Crippen LogP contribution in [-0.4, -0.2) is 32.5 Å². The number of benzene rings is 2. The number of carbonyl (C=O) groups excluding carboxylic acids is 1. The molecule has 0 atom stereocenters. The van der Waals surface area contributed by atoms with Gasteiger partial charge in [0, 0.05) is 17.3 Å². The molecule has 0 unspecified atom stereocenters. The van der Waals surface area contributed by atoms with Crippen molar-refractivity contribution in [2.45, 2.75) is 38.9 Å². The molecule has 3 rings (SSSR count). The molecule has 27 heavy (non-hydrogen) atoms. The second-order valence-electron chi connectivity index (χ2n) is 6.79. The zero-order valence-electron chi connectivity index (χ0n) is 16.1. The highest BCUT2D eigenvalue weighted by molar-refractivity contribution is 7.99. The highest BCUT2D eigenvalue weighted by atomic mass is 32.2. The van der Waals surface area contributed by atoms with E-state index < -0.39 is 0 Å². The van der Waals surface area contributed by atoms with Crippen molar-refractivity contribution in [1.29, 1.82) is 0 Å². The predicted molar refractivity (Wildman–Crippen MR) is 110 cm³/mol. The van der Waals surface area contributed by atoms with Crippen LogP contribution in [0.1, 0.15) is 25.0 Å². The summed E-state index contributed by atoms with van der Waals surface area (Å²) in [7, 11) is 0. The predicted octanol–water partition coefficient (Wildman–Crippen LogP) is 4.17. The molecule has 0 spiro atoms. The van der Waals surface area contributed by atoms with E-state index in [9.17, 15) is 4.79 Å². The van der Waals surface area contributed by atoms with Crippen LogP contribution in [0, 0.1) is 13.8 Å². The van der Waals surface area contributed by atoms with Crippen molar-refractivity contribution in [2.24, 2.45) is 0 Å². The van der Waals surface area contributed by atoms with Crippen LogP contribution in [0.2, 0.25) is 0 Å². The lowest BCUT2D eigenvalue weighted by Crippen LogP contribution is -2.31.